The van der Waals surface area contributed by atoms with Crippen molar-refractivity contribution >= 4 is 6.03 Å². The van der Waals surface area contributed by atoms with Gasteiger partial charge in [0.15, 0.2) is 0 Å². The van der Waals surface area contributed by atoms with Crippen LogP contribution in [0.4, 0.5) is 4.79 Å². The molecule has 2 aliphatic rings. The molecule has 19 heavy (non-hydrogen) atoms. The second kappa shape index (κ2) is 7.73. The first-order valence-electron chi connectivity index (χ1n) is 7.96. The van der Waals surface area contributed by atoms with Gasteiger partial charge in [-0.1, -0.05) is 26.2 Å². The number of carbonyl (C=O) groups excluding carboxylic acids is 1. The van der Waals surface area contributed by atoms with E-state index in [2.05, 4.69) is 12.2 Å². The zero-order valence-electron chi connectivity index (χ0n) is 12.2. The predicted octanol–water partition coefficient (Wildman–Crippen LogP) is 2.92. The lowest BCUT2D eigenvalue weighted by molar-refractivity contribution is 0.00961. The number of amides is 2. The zero-order valence-corrected chi connectivity index (χ0v) is 12.2. The highest BCUT2D eigenvalue weighted by Crippen LogP contribution is 2.19. The van der Waals surface area contributed by atoms with E-state index in [1.165, 1.54) is 19.3 Å². The number of nitrogens with zero attached hydrogens (tertiary/aromatic N) is 1. The summed E-state index contributed by atoms with van der Waals surface area (Å²) in [5.74, 6) is 0. The first-order chi connectivity index (χ1) is 9.29. The van der Waals surface area contributed by atoms with Gasteiger partial charge < -0.3 is 15.0 Å². The molecule has 4 nitrogen and oxygen atoms in total. The van der Waals surface area contributed by atoms with Crippen molar-refractivity contribution < 1.29 is 9.53 Å². The van der Waals surface area contributed by atoms with E-state index in [1.807, 2.05) is 4.90 Å². The fourth-order valence-corrected chi connectivity index (χ4v) is 3.06. The molecular formula is C15H28N2O2. The Labute approximate surface area is 116 Å². The topological polar surface area (TPSA) is 41.6 Å². The molecule has 1 aliphatic heterocycles. The van der Waals surface area contributed by atoms with Crippen molar-refractivity contribution in [2.75, 3.05) is 19.7 Å². The van der Waals surface area contributed by atoms with Crippen molar-refractivity contribution in [3.63, 3.8) is 0 Å². The van der Waals surface area contributed by atoms with Gasteiger partial charge >= 0.3 is 6.03 Å². The summed E-state index contributed by atoms with van der Waals surface area (Å²) in [5, 5.41) is 3.20. The molecule has 1 atom stereocenters. The Hall–Kier alpha value is -0.770. The van der Waals surface area contributed by atoms with E-state index in [4.69, 9.17) is 4.74 Å². The summed E-state index contributed by atoms with van der Waals surface area (Å²) in [7, 11) is 0. The summed E-state index contributed by atoms with van der Waals surface area (Å²) in [6, 6.07) is 0.523. The summed E-state index contributed by atoms with van der Waals surface area (Å²) >= 11 is 0. The summed E-state index contributed by atoms with van der Waals surface area (Å²) in [4.78, 5) is 14.2. The lowest BCUT2D eigenvalue weighted by Gasteiger charge is -2.34. The standard InChI is InChI=1S/C15H28N2O2/c1-2-11-19-14-9-6-10-17(12-14)15(18)16-13-7-4-3-5-8-13/h13-14H,2-12H2,1H3,(H,16,18). The van der Waals surface area contributed by atoms with Crippen LogP contribution in [0.1, 0.15) is 58.3 Å². The molecule has 110 valence electrons. The van der Waals surface area contributed by atoms with Crippen molar-refractivity contribution in [1.82, 2.24) is 10.2 Å². The normalized spacial score (nSPS) is 25.3. The van der Waals surface area contributed by atoms with Crippen molar-refractivity contribution in [3.05, 3.63) is 0 Å². The lowest BCUT2D eigenvalue weighted by Crippen LogP contribution is -2.50. The maximum atomic E-state index is 12.2. The highest BCUT2D eigenvalue weighted by atomic mass is 16.5. The van der Waals surface area contributed by atoms with Crippen LogP contribution in [0.5, 0.6) is 0 Å². The smallest absolute Gasteiger partial charge is 0.317 e. The van der Waals surface area contributed by atoms with E-state index >= 15 is 0 Å². The zero-order chi connectivity index (χ0) is 13.5. The number of carbonyl (C=O) groups is 1. The molecule has 0 spiro atoms. The van der Waals surface area contributed by atoms with Crippen LogP contribution in [0.15, 0.2) is 0 Å². The number of hydrogen-bond acceptors (Lipinski definition) is 2. The molecule has 1 saturated carbocycles. The van der Waals surface area contributed by atoms with Crippen molar-refractivity contribution in [1.29, 1.82) is 0 Å². The Morgan fingerprint density at radius 1 is 1.21 bits per heavy atom. The van der Waals surface area contributed by atoms with Gasteiger partial charge in [0.25, 0.3) is 0 Å². The van der Waals surface area contributed by atoms with Crippen molar-refractivity contribution in [2.45, 2.75) is 70.4 Å². The third-order valence-corrected chi connectivity index (χ3v) is 4.16. The second-order valence-electron chi connectivity index (χ2n) is 5.87. The minimum absolute atomic E-state index is 0.122. The average Bonchev–Trinajstić information content (AvgIpc) is 2.46. The van der Waals surface area contributed by atoms with Crippen molar-refractivity contribution in [3.8, 4) is 0 Å². The molecule has 2 rings (SSSR count). The first-order valence-corrected chi connectivity index (χ1v) is 7.96. The van der Waals surface area contributed by atoms with Gasteiger partial charge in [-0.05, 0) is 32.1 Å². The molecule has 0 aromatic rings. The Bertz CT molecular complexity index is 277. The van der Waals surface area contributed by atoms with Gasteiger partial charge in [-0.3, -0.25) is 0 Å². The van der Waals surface area contributed by atoms with Crippen LogP contribution in [0.25, 0.3) is 0 Å². The van der Waals surface area contributed by atoms with Crippen LogP contribution in [0.2, 0.25) is 0 Å². The molecule has 2 fully saturated rings. The summed E-state index contributed by atoms with van der Waals surface area (Å²) in [5.41, 5.74) is 0. The van der Waals surface area contributed by atoms with Crippen LogP contribution >= 0.6 is 0 Å². The predicted molar refractivity (Wildman–Crippen MR) is 76.2 cm³/mol. The number of rotatable bonds is 4. The molecule has 0 aromatic heterocycles. The third-order valence-electron chi connectivity index (χ3n) is 4.16. The second-order valence-corrected chi connectivity index (χ2v) is 5.87. The summed E-state index contributed by atoms with van der Waals surface area (Å²) in [6.45, 7) is 4.57. The van der Waals surface area contributed by atoms with E-state index in [0.29, 0.717) is 6.04 Å². The first kappa shape index (κ1) is 14.6. The SMILES string of the molecule is CCCOC1CCCN(C(=O)NC2CCCCC2)C1. The number of ether oxygens (including phenoxy) is 1. The van der Waals surface area contributed by atoms with Gasteiger partial charge in [0.1, 0.15) is 0 Å². The monoisotopic (exact) mass is 268 g/mol. The van der Waals surface area contributed by atoms with E-state index in [0.717, 1.165) is 51.8 Å². The number of nitrogens with one attached hydrogen (secondary N) is 1. The molecule has 2 amide bonds. The summed E-state index contributed by atoms with van der Waals surface area (Å²) < 4.78 is 5.78. The molecule has 1 saturated heterocycles. The minimum atomic E-state index is 0.122. The molecular weight excluding hydrogens is 240 g/mol. The fourth-order valence-electron chi connectivity index (χ4n) is 3.06. The Morgan fingerprint density at radius 3 is 2.74 bits per heavy atom. The van der Waals surface area contributed by atoms with Crippen molar-refractivity contribution in [2.24, 2.45) is 0 Å². The van der Waals surface area contributed by atoms with Gasteiger partial charge in [-0.2, -0.15) is 0 Å². The Morgan fingerprint density at radius 2 is 2.00 bits per heavy atom. The molecule has 0 radical (unpaired) electrons. The van der Waals surface area contributed by atoms with Gasteiger partial charge in [-0.15, -0.1) is 0 Å². The largest absolute Gasteiger partial charge is 0.376 e. The third kappa shape index (κ3) is 4.68. The molecule has 1 unspecified atom stereocenters. The number of hydrogen-bond donors (Lipinski definition) is 1. The van der Waals surface area contributed by atoms with Gasteiger partial charge in [0, 0.05) is 25.7 Å². The van der Waals surface area contributed by atoms with E-state index < -0.39 is 0 Å². The molecule has 0 bridgehead atoms. The summed E-state index contributed by atoms with van der Waals surface area (Å²) in [6.07, 6.45) is 9.57. The van der Waals surface area contributed by atoms with Crippen LogP contribution in [-0.2, 0) is 4.74 Å². The molecule has 1 heterocycles. The maximum Gasteiger partial charge on any atom is 0.317 e. The van der Waals surface area contributed by atoms with Crippen LogP contribution < -0.4 is 5.32 Å². The Kier molecular flexibility index (Phi) is 5.95. The van der Waals surface area contributed by atoms with Crippen LogP contribution in [0, 0.1) is 0 Å². The van der Waals surface area contributed by atoms with E-state index in [-0.39, 0.29) is 12.1 Å². The minimum Gasteiger partial charge on any atom is -0.376 e. The quantitative estimate of drug-likeness (QED) is 0.851. The highest BCUT2D eigenvalue weighted by molar-refractivity contribution is 5.74. The number of piperidine rings is 1. The fraction of sp³-hybridized carbons (Fsp3) is 0.933. The lowest BCUT2D eigenvalue weighted by atomic mass is 9.96. The van der Waals surface area contributed by atoms with Crippen LogP contribution in [-0.4, -0.2) is 42.8 Å². The van der Waals surface area contributed by atoms with Gasteiger partial charge in [-0.25, -0.2) is 4.79 Å². The average molecular weight is 268 g/mol. The van der Waals surface area contributed by atoms with Gasteiger partial charge in [0.2, 0.25) is 0 Å². The number of urea groups is 1. The molecule has 0 aromatic carbocycles. The molecule has 4 heteroatoms. The Balaban J connectivity index is 1.74. The van der Waals surface area contributed by atoms with Crippen LogP contribution in [0.3, 0.4) is 0 Å². The molecule has 1 N–H and O–H groups in total. The highest BCUT2D eigenvalue weighted by Gasteiger charge is 2.25. The molecule has 1 aliphatic carbocycles. The maximum absolute atomic E-state index is 12.2. The number of likely N-dealkylation sites (tertiary alicyclic amines) is 1. The van der Waals surface area contributed by atoms with E-state index in [9.17, 15) is 4.79 Å². The van der Waals surface area contributed by atoms with Gasteiger partial charge in [0.05, 0.1) is 6.10 Å². The van der Waals surface area contributed by atoms with E-state index in [1.54, 1.807) is 0 Å².